The maximum atomic E-state index is 11.9. The van der Waals surface area contributed by atoms with Gasteiger partial charge in [-0.1, -0.05) is 6.07 Å². The SMILES string of the molecule is COc1ccc(CNC(=O)Nc2ccc(I)cc2)cc1OC. The Labute approximate surface area is 143 Å². The molecule has 0 spiro atoms. The molecule has 0 atom stereocenters. The van der Waals surface area contributed by atoms with Gasteiger partial charge >= 0.3 is 6.03 Å². The smallest absolute Gasteiger partial charge is 0.319 e. The number of nitrogens with one attached hydrogen (secondary N) is 2. The summed E-state index contributed by atoms with van der Waals surface area (Å²) in [6.45, 7) is 0.399. The van der Waals surface area contributed by atoms with Crippen molar-refractivity contribution >= 4 is 34.3 Å². The first-order valence-electron chi connectivity index (χ1n) is 6.63. The molecular weight excluding hydrogens is 395 g/mol. The van der Waals surface area contributed by atoms with Gasteiger partial charge in [0.1, 0.15) is 0 Å². The Morgan fingerprint density at radius 2 is 1.73 bits per heavy atom. The first-order chi connectivity index (χ1) is 10.6. The van der Waals surface area contributed by atoms with E-state index in [-0.39, 0.29) is 6.03 Å². The van der Waals surface area contributed by atoms with Gasteiger partial charge in [-0.2, -0.15) is 0 Å². The lowest BCUT2D eigenvalue weighted by Gasteiger charge is -2.11. The van der Waals surface area contributed by atoms with Gasteiger partial charge in [0.2, 0.25) is 0 Å². The number of rotatable bonds is 5. The van der Waals surface area contributed by atoms with E-state index in [4.69, 9.17) is 9.47 Å². The summed E-state index contributed by atoms with van der Waals surface area (Å²) in [5, 5.41) is 5.58. The average Bonchev–Trinajstić information content (AvgIpc) is 2.54. The quantitative estimate of drug-likeness (QED) is 0.738. The highest BCUT2D eigenvalue weighted by Crippen LogP contribution is 2.27. The van der Waals surface area contributed by atoms with Crippen LogP contribution in [0.1, 0.15) is 5.56 Å². The summed E-state index contributed by atoms with van der Waals surface area (Å²) in [7, 11) is 3.17. The van der Waals surface area contributed by atoms with Gasteiger partial charge in [-0.3, -0.25) is 0 Å². The maximum Gasteiger partial charge on any atom is 0.319 e. The van der Waals surface area contributed by atoms with Crippen LogP contribution >= 0.6 is 22.6 Å². The minimum atomic E-state index is -0.254. The number of methoxy groups -OCH3 is 2. The van der Waals surface area contributed by atoms with Crippen LogP contribution in [0.4, 0.5) is 10.5 Å². The van der Waals surface area contributed by atoms with Gasteiger partial charge in [0.05, 0.1) is 14.2 Å². The Hall–Kier alpha value is -1.96. The van der Waals surface area contributed by atoms with Crippen molar-refractivity contribution in [3.8, 4) is 11.5 Å². The molecule has 0 saturated heterocycles. The van der Waals surface area contributed by atoms with Gasteiger partial charge in [-0.05, 0) is 64.6 Å². The minimum absolute atomic E-state index is 0.254. The number of benzene rings is 2. The van der Waals surface area contributed by atoms with Crippen LogP contribution < -0.4 is 20.1 Å². The number of ether oxygens (including phenoxy) is 2. The number of carbonyl (C=O) groups is 1. The number of urea groups is 1. The molecule has 0 heterocycles. The summed E-state index contributed by atoms with van der Waals surface area (Å²) in [5.41, 5.74) is 1.68. The van der Waals surface area contributed by atoms with Crippen LogP contribution in [0.2, 0.25) is 0 Å². The van der Waals surface area contributed by atoms with Crippen LogP contribution in [0.15, 0.2) is 42.5 Å². The van der Waals surface area contributed by atoms with Crippen LogP contribution in [0.3, 0.4) is 0 Å². The van der Waals surface area contributed by atoms with E-state index in [1.807, 2.05) is 42.5 Å². The predicted octanol–water partition coefficient (Wildman–Crippen LogP) is 3.63. The summed E-state index contributed by atoms with van der Waals surface area (Å²) < 4.78 is 11.5. The molecule has 0 aliphatic rings. The molecule has 0 bridgehead atoms. The van der Waals surface area contributed by atoms with Crippen molar-refractivity contribution in [1.82, 2.24) is 5.32 Å². The Balaban J connectivity index is 1.92. The predicted molar refractivity (Wildman–Crippen MR) is 94.6 cm³/mol. The van der Waals surface area contributed by atoms with Crippen molar-refractivity contribution in [2.45, 2.75) is 6.54 Å². The molecule has 2 aromatic carbocycles. The lowest BCUT2D eigenvalue weighted by Crippen LogP contribution is -2.28. The van der Waals surface area contributed by atoms with Gasteiger partial charge in [0, 0.05) is 15.8 Å². The topological polar surface area (TPSA) is 59.6 Å². The Kier molecular flexibility index (Phi) is 5.88. The molecule has 22 heavy (non-hydrogen) atoms. The Bertz CT molecular complexity index is 644. The van der Waals surface area contributed by atoms with Gasteiger partial charge < -0.3 is 20.1 Å². The summed E-state index contributed by atoms with van der Waals surface area (Å²) in [5.74, 6) is 1.30. The standard InChI is InChI=1S/C16H17IN2O3/c1-21-14-8-3-11(9-15(14)22-2)10-18-16(20)19-13-6-4-12(17)5-7-13/h3-9H,10H2,1-2H3,(H2,18,19,20). The summed E-state index contributed by atoms with van der Waals surface area (Å²) >= 11 is 2.22. The van der Waals surface area contributed by atoms with Crippen molar-refractivity contribution in [3.63, 3.8) is 0 Å². The molecule has 2 rings (SSSR count). The molecule has 2 N–H and O–H groups in total. The maximum absolute atomic E-state index is 11.9. The number of halogens is 1. The third kappa shape index (κ3) is 4.52. The molecule has 6 heteroatoms. The molecule has 0 saturated carbocycles. The van der Waals surface area contributed by atoms with Crippen LogP contribution in [0.25, 0.3) is 0 Å². The van der Waals surface area contributed by atoms with E-state index < -0.39 is 0 Å². The van der Waals surface area contributed by atoms with Gasteiger partial charge in [-0.25, -0.2) is 4.79 Å². The second kappa shape index (κ2) is 7.88. The lowest BCUT2D eigenvalue weighted by molar-refractivity contribution is 0.251. The number of anilines is 1. The van der Waals surface area contributed by atoms with E-state index in [1.165, 1.54) is 0 Å². The molecule has 0 fully saturated rings. The van der Waals surface area contributed by atoms with E-state index in [1.54, 1.807) is 14.2 Å². The second-order valence-corrected chi connectivity index (χ2v) is 5.75. The number of hydrogen-bond donors (Lipinski definition) is 2. The fraction of sp³-hybridized carbons (Fsp3) is 0.188. The largest absolute Gasteiger partial charge is 0.493 e. The van der Waals surface area contributed by atoms with Gasteiger partial charge in [0.15, 0.2) is 11.5 Å². The molecule has 0 aliphatic carbocycles. The first kappa shape index (κ1) is 16.4. The molecule has 116 valence electrons. The molecular formula is C16H17IN2O3. The third-order valence-electron chi connectivity index (χ3n) is 3.00. The average molecular weight is 412 g/mol. The van der Waals surface area contributed by atoms with E-state index in [2.05, 4.69) is 33.2 Å². The first-order valence-corrected chi connectivity index (χ1v) is 7.71. The van der Waals surface area contributed by atoms with E-state index in [9.17, 15) is 4.79 Å². The van der Waals surface area contributed by atoms with Crippen molar-refractivity contribution in [2.24, 2.45) is 0 Å². The Morgan fingerprint density at radius 1 is 1.05 bits per heavy atom. The summed E-state index contributed by atoms with van der Waals surface area (Å²) in [4.78, 5) is 11.9. The molecule has 0 unspecified atom stereocenters. The monoisotopic (exact) mass is 412 g/mol. The van der Waals surface area contributed by atoms with Crippen LogP contribution in [-0.2, 0) is 6.54 Å². The summed E-state index contributed by atoms with van der Waals surface area (Å²) in [6, 6.07) is 12.9. The van der Waals surface area contributed by atoms with Crippen LogP contribution in [-0.4, -0.2) is 20.3 Å². The van der Waals surface area contributed by atoms with Crippen molar-refractivity contribution in [3.05, 3.63) is 51.6 Å². The lowest BCUT2D eigenvalue weighted by atomic mass is 10.2. The van der Waals surface area contributed by atoms with E-state index in [0.29, 0.717) is 18.0 Å². The molecule has 0 aliphatic heterocycles. The Morgan fingerprint density at radius 3 is 2.36 bits per heavy atom. The van der Waals surface area contributed by atoms with E-state index in [0.717, 1.165) is 14.8 Å². The zero-order valence-electron chi connectivity index (χ0n) is 12.4. The molecule has 2 aromatic rings. The zero-order valence-corrected chi connectivity index (χ0v) is 14.5. The summed E-state index contributed by atoms with van der Waals surface area (Å²) in [6.07, 6.45) is 0. The molecule has 5 nitrogen and oxygen atoms in total. The van der Waals surface area contributed by atoms with Crippen molar-refractivity contribution in [1.29, 1.82) is 0 Å². The number of amides is 2. The van der Waals surface area contributed by atoms with Gasteiger partial charge in [-0.15, -0.1) is 0 Å². The zero-order chi connectivity index (χ0) is 15.9. The van der Waals surface area contributed by atoms with Gasteiger partial charge in [0.25, 0.3) is 0 Å². The van der Waals surface area contributed by atoms with Crippen molar-refractivity contribution in [2.75, 3.05) is 19.5 Å². The fourth-order valence-corrected chi connectivity index (χ4v) is 2.24. The minimum Gasteiger partial charge on any atom is -0.493 e. The highest BCUT2D eigenvalue weighted by Gasteiger charge is 2.06. The van der Waals surface area contributed by atoms with Crippen molar-refractivity contribution < 1.29 is 14.3 Å². The molecule has 2 amide bonds. The van der Waals surface area contributed by atoms with Crippen LogP contribution in [0, 0.1) is 3.57 Å². The highest BCUT2D eigenvalue weighted by molar-refractivity contribution is 14.1. The molecule has 0 radical (unpaired) electrons. The normalized spacial score (nSPS) is 9.95. The third-order valence-corrected chi connectivity index (χ3v) is 3.72. The second-order valence-electron chi connectivity index (χ2n) is 4.50. The van der Waals surface area contributed by atoms with Crippen LogP contribution in [0.5, 0.6) is 11.5 Å². The highest BCUT2D eigenvalue weighted by atomic mass is 127. The number of hydrogen-bond acceptors (Lipinski definition) is 3. The molecule has 0 aromatic heterocycles. The van der Waals surface area contributed by atoms with E-state index >= 15 is 0 Å². The number of carbonyl (C=O) groups excluding carboxylic acids is 1. The fourth-order valence-electron chi connectivity index (χ4n) is 1.88.